The third kappa shape index (κ3) is 6.66. The predicted molar refractivity (Wildman–Crippen MR) is 140 cm³/mol. The van der Waals surface area contributed by atoms with Crippen LogP contribution < -0.4 is 5.32 Å². The highest BCUT2D eigenvalue weighted by Crippen LogP contribution is 2.31. The Bertz CT molecular complexity index is 944. The molecule has 1 N–H and O–H groups in total. The molecule has 0 saturated carbocycles. The molecule has 1 atom stereocenters. The van der Waals surface area contributed by atoms with Crippen LogP contribution in [0.25, 0.3) is 10.6 Å². The van der Waals surface area contributed by atoms with Gasteiger partial charge < -0.3 is 15.1 Å². The molecule has 1 aromatic carbocycles. The number of aromatic nitrogens is 1. The number of carbonyl (C=O) groups is 2. The molecule has 186 valence electrons. The summed E-state index contributed by atoms with van der Waals surface area (Å²) in [6.07, 6.45) is 2.71. The fourth-order valence-corrected chi connectivity index (χ4v) is 5.63. The van der Waals surface area contributed by atoms with E-state index in [0.717, 1.165) is 66.6 Å². The van der Waals surface area contributed by atoms with Crippen LogP contribution in [0.15, 0.2) is 24.3 Å². The summed E-state index contributed by atoms with van der Waals surface area (Å²) in [5, 5.41) is 4.01. The van der Waals surface area contributed by atoms with Crippen molar-refractivity contribution in [1.29, 1.82) is 0 Å². The lowest BCUT2D eigenvalue weighted by Crippen LogP contribution is -2.43. The average molecular weight is 485 g/mol. The van der Waals surface area contributed by atoms with Gasteiger partial charge in [0, 0.05) is 31.1 Å². The zero-order valence-electron chi connectivity index (χ0n) is 21.4. The number of nitrogens with zero attached hydrogens (tertiary/aromatic N) is 3. The van der Waals surface area contributed by atoms with Gasteiger partial charge in [0.05, 0.1) is 5.69 Å². The smallest absolute Gasteiger partial charge is 0.265 e. The molecule has 0 bridgehead atoms. The number of benzene rings is 1. The van der Waals surface area contributed by atoms with E-state index < -0.39 is 0 Å². The van der Waals surface area contributed by atoms with Crippen molar-refractivity contribution >= 4 is 23.2 Å². The SMILES string of the molecule is CCN(CC)CCCNC(=O)[C@H](C)C1CCN(C(=O)c2sc(-c3ccc(C)cc3)nc2C)CC1. The molecule has 0 radical (unpaired) electrons. The van der Waals surface area contributed by atoms with E-state index in [9.17, 15) is 9.59 Å². The molecule has 1 aliphatic heterocycles. The molecule has 1 aromatic heterocycles. The fraction of sp³-hybridized carbons (Fsp3) is 0.593. The number of aryl methyl sites for hydroxylation is 2. The van der Waals surface area contributed by atoms with Gasteiger partial charge in [-0.2, -0.15) is 0 Å². The summed E-state index contributed by atoms with van der Waals surface area (Å²) in [5.41, 5.74) is 3.05. The quantitative estimate of drug-likeness (QED) is 0.494. The topological polar surface area (TPSA) is 65.5 Å². The highest BCUT2D eigenvalue weighted by Gasteiger charge is 2.31. The van der Waals surface area contributed by atoms with Crippen molar-refractivity contribution in [1.82, 2.24) is 20.1 Å². The maximum Gasteiger partial charge on any atom is 0.265 e. The largest absolute Gasteiger partial charge is 0.356 e. The Morgan fingerprint density at radius 3 is 2.41 bits per heavy atom. The van der Waals surface area contributed by atoms with Crippen molar-refractivity contribution < 1.29 is 9.59 Å². The lowest BCUT2D eigenvalue weighted by Gasteiger charge is -2.34. The van der Waals surface area contributed by atoms with E-state index in [1.54, 1.807) is 0 Å². The second kappa shape index (κ2) is 12.5. The van der Waals surface area contributed by atoms with Crippen LogP contribution >= 0.6 is 11.3 Å². The van der Waals surface area contributed by atoms with Crippen LogP contribution in [0.3, 0.4) is 0 Å². The molecule has 2 amide bonds. The molecule has 6 nitrogen and oxygen atoms in total. The minimum Gasteiger partial charge on any atom is -0.356 e. The first-order valence-electron chi connectivity index (χ1n) is 12.7. The van der Waals surface area contributed by atoms with E-state index in [1.807, 2.05) is 18.7 Å². The van der Waals surface area contributed by atoms with E-state index in [1.165, 1.54) is 16.9 Å². The average Bonchev–Trinajstić information content (AvgIpc) is 3.25. The number of hydrogen-bond donors (Lipinski definition) is 1. The first-order valence-corrected chi connectivity index (χ1v) is 13.5. The maximum absolute atomic E-state index is 13.2. The van der Waals surface area contributed by atoms with Crippen LogP contribution in [-0.4, -0.2) is 65.9 Å². The lowest BCUT2D eigenvalue weighted by molar-refractivity contribution is -0.126. The first kappa shape index (κ1) is 26.4. The van der Waals surface area contributed by atoms with Crippen LogP contribution in [0.2, 0.25) is 0 Å². The molecular formula is C27H40N4O2S. The third-order valence-electron chi connectivity index (χ3n) is 7.08. The maximum atomic E-state index is 13.2. The Morgan fingerprint density at radius 2 is 1.79 bits per heavy atom. The number of nitrogens with one attached hydrogen (secondary N) is 1. The zero-order valence-corrected chi connectivity index (χ0v) is 22.2. The molecule has 0 spiro atoms. The number of piperidine rings is 1. The molecular weight excluding hydrogens is 444 g/mol. The van der Waals surface area contributed by atoms with E-state index >= 15 is 0 Å². The number of amides is 2. The van der Waals surface area contributed by atoms with Gasteiger partial charge in [-0.1, -0.05) is 50.6 Å². The minimum absolute atomic E-state index is 0.0241. The summed E-state index contributed by atoms with van der Waals surface area (Å²) in [6, 6.07) is 8.26. The molecule has 7 heteroatoms. The predicted octanol–water partition coefficient (Wildman–Crippen LogP) is 4.76. The van der Waals surface area contributed by atoms with Crippen LogP contribution in [-0.2, 0) is 4.79 Å². The van der Waals surface area contributed by atoms with Crippen molar-refractivity contribution in [3.63, 3.8) is 0 Å². The van der Waals surface area contributed by atoms with Gasteiger partial charge in [-0.05, 0) is 58.7 Å². The lowest BCUT2D eigenvalue weighted by atomic mass is 9.84. The van der Waals surface area contributed by atoms with E-state index in [4.69, 9.17) is 0 Å². The molecule has 0 unspecified atom stereocenters. The molecule has 1 aliphatic rings. The van der Waals surface area contributed by atoms with Crippen molar-refractivity contribution in [3.05, 3.63) is 40.4 Å². The van der Waals surface area contributed by atoms with Crippen molar-refractivity contribution in [3.8, 4) is 10.6 Å². The monoisotopic (exact) mass is 484 g/mol. The second-order valence-electron chi connectivity index (χ2n) is 9.39. The minimum atomic E-state index is -0.0241. The summed E-state index contributed by atoms with van der Waals surface area (Å²) in [7, 11) is 0. The second-order valence-corrected chi connectivity index (χ2v) is 10.4. The number of thiazole rings is 1. The first-order chi connectivity index (χ1) is 16.3. The summed E-state index contributed by atoms with van der Waals surface area (Å²) in [4.78, 5) is 35.6. The van der Waals surface area contributed by atoms with E-state index in [2.05, 4.69) is 60.2 Å². The normalized spacial score (nSPS) is 15.5. The molecule has 2 aromatic rings. The van der Waals surface area contributed by atoms with Crippen LogP contribution in [0.4, 0.5) is 0 Å². The Balaban J connectivity index is 1.49. The summed E-state index contributed by atoms with van der Waals surface area (Å²) in [5.74, 6) is 0.507. The Labute approximate surface area is 208 Å². The van der Waals surface area contributed by atoms with Gasteiger partial charge in [0.2, 0.25) is 5.91 Å². The van der Waals surface area contributed by atoms with Gasteiger partial charge in [-0.15, -0.1) is 11.3 Å². The van der Waals surface area contributed by atoms with Crippen molar-refractivity contribution in [2.24, 2.45) is 11.8 Å². The van der Waals surface area contributed by atoms with Gasteiger partial charge in [0.25, 0.3) is 5.91 Å². The zero-order chi connectivity index (χ0) is 24.7. The molecule has 1 fully saturated rings. The van der Waals surface area contributed by atoms with Crippen LogP contribution in [0.1, 0.15) is 61.0 Å². The van der Waals surface area contributed by atoms with E-state index in [0.29, 0.717) is 19.0 Å². The summed E-state index contributed by atoms with van der Waals surface area (Å²) < 4.78 is 0. The molecule has 1 saturated heterocycles. The number of carbonyl (C=O) groups excluding carboxylic acids is 2. The fourth-order valence-electron chi connectivity index (χ4n) is 4.59. The van der Waals surface area contributed by atoms with Crippen LogP contribution in [0, 0.1) is 25.7 Å². The van der Waals surface area contributed by atoms with Crippen molar-refractivity contribution in [2.45, 2.75) is 53.9 Å². The number of rotatable bonds is 10. The van der Waals surface area contributed by atoms with Gasteiger partial charge in [-0.25, -0.2) is 4.98 Å². The Kier molecular flexibility index (Phi) is 9.65. The van der Waals surface area contributed by atoms with Gasteiger partial charge in [0.15, 0.2) is 0 Å². The van der Waals surface area contributed by atoms with Crippen molar-refractivity contribution in [2.75, 3.05) is 39.3 Å². The molecule has 2 heterocycles. The number of hydrogen-bond acceptors (Lipinski definition) is 5. The molecule has 0 aliphatic carbocycles. The number of likely N-dealkylation sites (tertiary alicyclic amines) is 1. The highest BCUT2D eigenvalue weighted by atomic mass is 32.1. The molecule has 34 heavy (non-hydrogen) atoms. The summed E-state index contributed by atoms with van der Waals surface area (Å²) in [6.45, 7) is 15.6. The Hall–Kier alpha value is -2.25. The van der Waals surface area contributed by atoms with Gasteiger partial charge in [-0.3, -0.25) is 9.59 Å². The van der Waals surface area contributed by atoms with Gasteiger partial charge >= 0.3 is 0 Å². The highest BCUT2D eigenvalue weighted by molar-refractivity contribution is 7.17. The van der Waals surface area contributed by atoms with Crippen LogP contribution in [0.5, 0.6) is 0 Å². The van der Waals surface area contributed by atoms with Gasteiger partial charge in [0.1, 0.15) is 9.88 Å². The van der Waals surface area contributed by atoms with E-state index in [-0.39, 0.29) is 17.7 Å². The standard InChI is InChI=1S/C27H40N4O2S/c1-6-30(7-2)16-8-15-28-25(32)20(4)22-13-17-31(18-14-22)27(33)24-21(5)29-26(34-24)23-11-9-19(3)10-12-23/h9-12,20,22H,6-8,13-18H2,1-5H3,(H,28,32)/t20-/m1/s1. The third-order valence-corrected chi connectivity index (χ3v) is 8.28. The Morgan fingerprint density at radius 1 is 1.15 bits per heavy atom. The molecule has 3 rings (SSSR count). The summed E-state index contributed by atoms with van der Waals surface area (Å²) >= 11 is 1.48.